The first-order chi connectivity index (χ1) is 11.5. The predicted octanol–water partition coefficient (Wildman–Crippen LogP) is 1.50. The number of rotatable bonds is 6. The number of carbonyl (C=O) groups is 2. The van der Waals surface area contributed by atoms with Gasteiger partial charge in [0.05, 0.1) is 6.04 Å². The van der Waals surface area contributed by atoms with E-state index < -0.39 is 5.54 Å². The lowest BCUT2D eigenvalue weighted by Crippen LogP contribution is -2.61. The van der Waals surface area contributed by atoms with Gasteiger partial charge in [0.15, 0.2) is 0 Å². The zero-order valence-corrected chi connectivity index (χ0v) is 14.8. The topological polar surface area (TPSA) is 101 Å². The van der Waals surface area contributed by atoms with E-state index in [1.807, 2.05) is 6.92 Å². The number of urea groups is 1. The van der Waals surface area contributed by atoms with Crippen LogP contribution < -0.4 is 16.0 Å². The lowest BCUT2D eigenvalue weighted by molar-refractivity contribution is -0.128. The molecule has 134 valence electrons. The summed E-state index contributed by atoms with van der Waals surface area (Å²) in [6.45, 7) is 4.68. The van der Waals surface area contributed by atoms with Crippen molar-refractivity contribution in [2.75, 3.05) is 7.05 Å². The van der Waals surface area contributed by atoms with Crippen LogP contribution in [-0.2, 0) is 11.3 Å². The second kappa shape index (κ2) is 8.12. The number of hydrogen-bond donors (Lipinski definition) is 3. The van der Waals surface area contributed by atoms with Crippen molar-refractivity contribution in [2.24, 2.45) is 0 Å². The Morgan fingerprint density at radius 3 is 2.67 bits per heavy atom. The van der Waals surface area contributed by atoms with Crippen LogP contribution in [0.3, 0.4) is 0 Å². The quantitative estimate of drug-likeness (QED) is 0.733. The zero-order valence-electron chi connectivity index (χ0n) is 14.8. The molecule has 3 N–H and O–H groups in total. The molecule has 0 unspecified atom stereocenters. The number of nitrogens with zero attached hydrogens (tertiary/aromatic N) is 3. The first-order valence-electron chi connectivity index (χ1n) is 8.71. The minimum atomic E-state index is -0.812. The largest absolute Gasteiger partial charge is 0.357 e. The van der Waals surface area contributed by atoms with Crippen molar-refractivity contribution in [3.8, 4) is 0 Å². The molecule has 2 rings (SSSR count). The van der Waals surface area contributed by atoms with E-state index in [1.165, 1.54) is 6.33 Å². The van der Waals surface area contributed by atoms with Crippen molar-refractivity contribution >= 4 is 11.9 Å². The molecule has 0 aromatic carbocycles. The molecular formula is C16H28N6O2. The van der Waals surface area contributed by atoms with Crippen LogP contribution in [0.15, 0.2) is 6.33 Å². The lowest BCUT2D eigenvalue weighted by Gasteiger charge is -2.36. The molecule has 0 radical (unpaired) electrons. The summed E-state index contributed by atoms with van der Waals surface area (Å²) in [5, 5.41) is 12.6. The fourth-order valence-corrected chi connectivity index (χ4v) is 3.31. The Morgan fingerprint density at radius 1 is 1.33 bits per heavy atom. The Bertz CT molecular complexity index is 565. The molecule has 1 aliphatic rings. The molecule has 8 heteroatoms. The van der Waals surface area contributed by atoms with Gasteiger partial charge < -0.3 is 16.0 Å². The van der Waals surface area contributed by atoms with Gasteiger partial charge in [-0.15, -0.1) is 0 Å². The normalized spacial score (nSPS) is 17.8. The molecule has 1 saturated carbocycles. The van der Waals surface area contributed by atoms with Gasteiger partial charge in [-0.3, -0.25) is 4.79 Å². The monoisotopic (exact) mass is 336 g/mol. The molecule has 0 aliphatic heterocycles. The van der Waals surface area contributed by atoms with Gasteiger partial charge in [-0.25, -0.2) is 14.5 Å². The molecule has 1 aromatic heterocycles. The Kier molecular flexibility index (Phi) is 6.16. The minimum absolute atomic E-state index is 0.126. The second-order valence-corrected chi connectivity index (χ2v) is 6.38. The van der Waals surface area contributed by atoms with Crippen molar-refractivity contribution < 1.29 is 9.59 Å². The van der Waals surface area contributed by atoms with Gasteiger partial charge in [0.25, 0.3) is 0 Å². The average molecular weight is 336 g/mol. The molecule has 1 aromatic rings. The van der Waals surface area contributed by atoms with Crippen molar-refractivity contribution in [3.63, 3.8) is 0 Å². The van der Waals surface area contributed by atoms with Crippen LogP contribution in [0.25, 0.3) is 0 Å². The highest BCUT2D eigenvalue weighted by Gasteiger charge is 2.40. The predicted molar refractivity (Wildman–Crippen MR) is 90.3 cm³/mol. The summed E-state index contributed by atoms with van der Waals surface area (Å²) >= 11 is 0. The third-order valence-electron chi connectivity index (χ3n) is 4.54. The molecule has 1 heterocycles. The molecule has 1 atom stereocenters. The van der Waals surface area contributed by atoms with Crippen molar-refractivity contribution in [1.82, 2.24) is 30.7 Å². The molecule has 24 heavy (non-hydrogen) atoms. The van der Waals surface area contributed by atoms with Crippen LogP contribution in [0.1, 0.15) is 64.2 Å². The molecule has 0 bridgehead atoms. The van der Waals surface area contributed by atoms with E-state index in [0.717, 1.165) is 32.2 Å². The van der Waals surface area contributed by atoms with E-state index in [1.54, 1.807) is 11.7 Å². The molecule has 8 nitrogen and oxygen atoms in total. The van der Waals surface area contributed by atoms with Crippen LogP contribution in [0, 0.1) is 0 Å². The van der Waals surface area contributed by atoms with Crippen molar-refractivity contribution in [1.29, 1.82) is 0 Å². The number of likely N-dealkylation sites (N-methyl/N-ethyl adjacent to an activating group) is 1. The highest BCUT2D eigenvalue weighted by Crippen LogP contribution is 2.28. The van der Waals surface area contributed by atoms with Gasteiger partial charge >= 0.3 is 6.03 Å². The summed E-state index contributed by atoms with van der Waals surface area (Å²) in [5.74, 6) is 0.587. The Balaban J connectivity index is 2.02. The lowest BCUT2D eigenvalue weighted by atomic mass is 9.81. The smallest absolute Gasteiger partial charge is 0.316 e. The SMILES string of the molecule is CCCn1ncnc1[C@@H](C)NC(=O)NC1(C(=O)NC)CCCCC1. The van der Waals surface area contributed by atoms with E-state index in [2.05, 4.69) is 33.0 Å². The van der Waals surface area contributed by atoms with Crippen LogP contribution in [0.4, 0.5) is 4.79 Å². The first-order valence-corrected chi connectivity index (χ1v) is 8.71. The summed E-state index contributed by atoms with van der Waals surface area (Å²) in [7, 11) is 1.61. The number of aromatic nitrogens is 3. The fraction of sp³-hybridized carbons (Fsp3) is 0.750. The van der Waals surface area contributed by atoms with Gasteiger partial charge in [0.2, 0.25) is 5.91 Å². The van der Waals surface area contributed by atoms with Crippen LogP contribution in [0.5, 0.6) is 0 Å². The molecule has 1 aliphatic carbocycles. The molecule has 3 amide bonds. The van der Waals surface area contributed by atoms with Gasteiger partial charge in [0, 0.05) is 13.6 Å². The van der Waals surface area contributed by atoms with Gasteiger partial charge in [0.1, 0.15) is 17.7 Å². The Hall–Kier alpha value is -2.12. The highest BCUT2D eigenvalue weighted by molar-refractivity contribution is 5.91. The molecule has 0 spiro atoms. The summed E-state index contributed by atoms with van der Waals surface area (Å²) < 4.78 is 1.79. The second-order valence-electron chi connectivity index (χ2n) is 6.38. The highest BCUT2D eigenvalue weighted by atomic mass is 16.2. The minimum Gasteiger partial charge on any atom is -0.357 e. The maximum Gasteiger partial charge on any atom is 0.316 e. The van der Waals surface area contributed by atoms with E-state index in [9.17, 15) is 9.59 Å². The van der Waals surface area contributed by atoms with Crippen LogP contribution in [0.2, 0.25) is 0 Å². The molecule has 1 fully saturated rings. The van der Waals surface area contributed by atoms with Crippen molar-refractivity contribution in [2.45, 2.75) is 70.5 Å². The van der Waals surface area contributed by atoms with Gasteiger partial charge in [-0.05, 0) is 26.2 Å². The number of carbonyl (C=O) groups excluding carboxylic acids is 2. The Labute approximate surface area is 142 Å². The molecular weight excluding hydrogens is 308 g/mol. The van der Waals surface area contributed by atoms with Crippen LogP contribution in [-0.4, -0.2) is 39.3 Å². The maximum absolute atomic E-state index is 12.5. The number of nitrogens with one attached hydrogen (secondary N) is 3. The standard InChI is InChI=1S/C16H28N6O2/c1-4-10-22-13(18-11-19-22)12(2)20-15(24)21-16(14(23)17-3)8-6-5-7-9-16/h11-12H,4-10H2,1-3H3,(H,17,23)(H2,20,21,24)/t12-/m1/s1. The number of aryl methyl sites for hydroxylation is 1. The van der Waals surface area contributed by atoms with Crippen LogP contribution >= 0.6 is 0 Å². The Morgan fingerprint density at radius 2 is 2.04 bits per heavy atom. The summed E-state index contributed by atoms with van der Waals surface area (Å²) in [5.41, 5.74) is -0.812. The van der Waals surface area contributed by atoms with Gasteiger partial charge in [-0.2, -0.15) is 5.10 Å². The summed E-state index contributed by atoms with van der Waals surface area (Å²) in [6.07, 6.45) is 6.74. The molecule has 0 saturated heterocycles. The van der Waals surface area contributed by atoms with Crippen molar-refractivity contribution in [3.05, 3.63) is 12.2 Å². The third-order valence-corrected chi connectivity index (χ3v) is 4.54. The van der Waals surface area contributed by atoms with E-state index in [0.29, 0.717) is 18.7 Å². The summed E-state index contributed by atoms with van der Waals surface area (Å²) in [4.78, 5) is 29.0. The van der Waals surface area contributed by atoms with E-state index in [-0.39, 0.29) is 18.0 Å². The summed E-state index contributed by atoms with van der Waals surface area (Å²) in [6, 6.07) is -0.636. The van der Waals surface area contributed by atoms with Gasteiger partial charge in [-0.1, -0.05) is 26.2 Å². The first kappa shape index (κ1) is 18.2. The fourth-order valence-electron chi connectivity index (χ4n) is 3.31. The number of hydrogen-bond acceptors (Lipinski definition) is 4. The number of amides is 3. The van der Waals surface area contributed by atoms with E-state index in [4.69, 9.17) is 0 Å². The zero-order chi connectivity index (χ0) is 17.6. The third kappa shape index (κ3) is 4.04. The maximum atomic E-state index is 12.5. The van der Waals surface area contributed by atoms with E-state index >= 15 is 0 Å². The average Bonchev–Trinajstić information content (AvgIpc) is 3.03.